The highest BCUT2D eigenvalue weighted by Crippen LogP contribution is 2.31. The molecule has 0 saturated carbocycles. The maximum Gasteiger partial charge on any atom is 0.309 e. The summed E-state index contributed by atoms with van der Waals surface area (Å²) in [5.74, 6) is 1.53. The molecule has 0 unspecified atom stereocenters. The highest BCUT2D eigenvalue weighted by molar-refractivity contribution is 7.71. The predicted molar refractivity (Wildman–Crippen MR) is 105 cm³/mol. The number of rotatable bonds is 7. The molecule has 2 aromatic rings. The average molecular weight is 407 g/mol. The highest BCUT2D eigenvalue weighted by Gasteiger charge is 2.26. The minimum atomic E-state index is -0.101. The van der Waals surface area contributed by atoms with Gasteiger partial charge in [-0.2, -0.15) is 0 Å². The number of carbonyl (C=O) groups is 1. The molecule has 9 heteroatoms. The number of likely N-dealkylation sites (tertiary alicyclic amines) is 1. The van der Waals surface area contributed by atoms with Crippen LogP contribution in [0.25, 0.3) is 11.5 Å². The Morgan fingerprint density at radius 3 is 2.61 bits per heavy atom. The van der Waals surface area contributed by atoms with Crippen LogP contribution < -0.4 is 9.47 Å². The van der Waals surface area contributed by atoms with Crippen molar-refractivity contribution in [2.24, 2.45) is 5.92 Å². The van der Waals surface area contributed by atoms with Crippen LogP contribution in [0.2, 0.25) is 0 Å². The SMILES string of the molecule is CCOC(=O)C1CCN(Cn2nc(-c3ccc(OC)c(OC)c3)oc2=S)CC1. The van der Waals surface area contributed by atoms with Crippen molar-refractivity contribution in [3.63, 3.8) is 0 Å². The van der Waals surface area contributed by atoms with Gasteiger partial charge in [0.1, 0.15) is 0 Å². The van der Waals surface area contributed by atoms with Gasteiger partial charge in [-0.05, 0) is 50.2 Å². The van der Waals surface area contributed by atoms with Gasteiger partial charge in [0, 0.05) is 18.7 Å². The molecule has 1 fully saturated rings. The zero-order chi connectivity index (χ0) is 20.1. The first-order valence-corrected chi connectivity index (χ1v) is 9.65. The van der Waals surface area contributed by atoms with E-state index in [2.05, 4.69) is 10.00 Å². The number of nitrogens with zero attached hydrogens (tertiary/aromatic N) is 3. The van der Waals surface area contributed by atoms with Crippen molar-refractivity contribution in [2.45, 2.75) is 26.4 Å². The summed E-state index contributed by atoms with van der Waals surface area (Å²) in [4.78, 5) is 14.4. The number of hydrogen-bond donors (Lipinski definition) is 0. The van der Waals surface area contributed by atoms with Crippen molar-refractivity contribution in [3.8, 4) is 23.0 Å². The van der Waals surface area contributed by atoms with Crippen LogP contribution in [-0.2, 0) is 16.2 Å². The molecule has 28 heavy (non-hydrogen) atoms. The number of hydrogen-bond acceptors (Lipinski definition) is 8. The van der Waals surface area contributed by atoms with Gasteiger partial charge in [0.25, 0.3) is 4.84 Å². The van der Waals surface area contributed by atoms with Crippen LogP contribution in [0.3, 0.4) is 0 Å². The Hall–Kier alpha value is -2.39. The first kappa shape index (κ1) is 20.3. The first-order chi connectivity index (χ1) is 13.5. The molecule has 0 radical (unpaired) electrons. The topological polar surface area (TPSA) is 79.0 Å². The van der Waals surface area contributed by atoms with Gasteiger partial charge in [-0.1, -0.05) is 0 Å². The molecule has 1 aliphatic rings. The quantitative estimate of drug-likeness (QED) is 0.512. The number of piperidine rings is 1. The van der Waals surface area contributed by atoms with Gasteiger partial charge in [-0.3, -0.25) is 9.69 Å². The maximum atomic E-state index is 11.9. The highest BCUT2D eigenvalue weighted by atomic mass is 32.1. The van der Waals surface area contributed by atoms with E-state index in [1.165, 1.54) is 0 Å². The smallest absolute Gasteiger partial charge is 0.309 e. The van der Waals surface area contributed by atoms with E-state index in [0.717, 1.165) is 31.5 Å². The van der Waals surface area contributed by atoms with E-state index in [1.807, 2.05) is 13.0 Å². The summed E-state index contributed by atoms with van der Waals surface area (Å²) in [5.41, 5.74) is 0.753. The fourth-order valence-corrected chi connectivity index (χ4v) is 3.42. The lowest BCUT2D eigenvalue weighted by Gasteiger charge is -2.30. The Labute approximate surface area is 169 Å². The van der Waals surface area contributed by atoms with Crippen LogP contribution in [-0.4, -0.2) is 54.6 Å². The van der Waals surface area contributed by atoms with Gasteiger partial charge >= 0.3 is 5.97 Å². The van der Waals surface area contributed by atoms with Gasteiger partial charge < -0.3 is 18.6 Å². The number of benzene rings is 1. The third-order valence-corrected chi connectivity index (χ3v) is 5.07. The fourth-order valence-electron chi connectivity index (χ4n) is 3.24. The zero-order valence-corrected chi connectivity index (χ0v) is 17.2. The standard InChI is InChI=1S/C19H25N3O5S/c1-4-26-18(23)13-7-9-21(10-8-13)12-22-19(28)27-17(20-22)14-5-6-15(24-2)16(11-14)25-3/h5-6,11,13H,4,7-10,12H2,1-3H3. The van der Waals surface area contributed by atoms with E-state index >= 15 is 0 Å². The zero-order valence-electron chi connectivity index (χ0n) is 16.3. The number of ether oxygens (including phenoxy) is 3. The van der Waals surface area contributed by atoms with Crippen molar-refractivity contribution in [1.29, 1.82) is 0 Å². The van der Waals surface area contributed by atoms with Crippen LogP contribution >= 0.6 is 12.2 Å². The predicted octanol–water partition coefficient (Wildman–Crippen LogP) is 3.12. The van der Waals surface area contributed by atoms with Gasteiger partial charge in [-0.25, -0.2) is 4.68 Å². The van der Waals surface area contributed by atoms with Crippen molar-refractivity contribution in [3.05, 3.63) is 23.0 Å². The average Bonchev–Trinajstić information content (AvgIpc) is 3.08. The normalized spacial score (nSPS) is 15.4. The van der Waals surface area contributed by atoms with Crippen LogP contribution in [0.15, 0.2) is 22.6 Å². The molecule has 1 aromatic carbocycles. The van der Waals surface area contributed by atoms with Crippen molar-refractivity contribution in [1.82, 2.24) is 14.7 Å². The van der Waals surface area contributed by atoms with E-state index in [4.69, 9.17) is 30.8 Å². The fraction of sp³-hybridized carbons (Fsp3) is 0.526. The number of carbonyl (C=O) groups excluding carboxylic acids is 1. The third kappa shape index (κ3) is 4.53. The van der Waals surface area contributed by atoms with E-state index < -0.39 is 0 Å². The van der Waals surface area contributed by atoms with Gasteiger partial charge in [-0.15, -0.1) is 5.10 Å². The Balaban J connectivity index is 1.67. The summed E-state index contributed by atoms with van der Waals surface area (Å²) >= 11 is 5.33. The van der Waals surface area contributed by atoms with E-state index in [1.54, 1.807) is 31.0 Å². The Morgan fingerprint density at radius 2 is 1.96 bits per heavy atom. The van der Waals surface area contributed by atoms with Crippen LogP contribution in [0.4, 0.5) is 0 Å². The molecule has 1 aromatic heterocycles. The number of aromatic nitrogens is 2. The van der Waals surface area contributed by atoms with Gasteiger partial charge in [0.15, 0.2) is 11.5 Å². The molecule has 1 aliphatic heterocycles. The summed E-state index contributed by atoms with van der Waals surface area (Å²) in [5, 5.41) is 4.50. The van der Waals surface area contributed by atoms with E-state index in [9.17, 15) is 4.79 Å². The summed E-state index contributed by atoms with van der Waals surface area (Å²) in [6.45, 7) is 4.33. The van der Waals surface area contributed by atoms with E-state index in [-0.39, 0.29) is 11.9 Å². The first-order valence-electron chi connectivity index (χ1n) is 9.25. The summed E-state index contributed by atoms with van der Waals surface area (Å²) < 4.78 is 23.0. The Bertz CT molecular complexity index is 871. The second-order valence-corrected chi connectivity index (χ2v) is 6.88. The Kier molecular flexibility index (Phi) is 6.69. The molecule has 3 rings (SSSR count). The number of esters is 1. The minimum absolute atomic E-state index is 0.0243. The van der Waals surface area contributed by atoms with Gasteiger partial charge in [0.05, 0.1) is 33.4 Å². The summed E-state index contributed by atoms with van der Waals surface area (Å²) in [7, 11) is 3.17. The van der Waals surface area contributed by atoms with Gasteiger partial charge in [0.2, 0.25) is 5.89 Å². The molecule has 0 atom stereocenters. The molecule has 152 valence electrons. The maximum absolute atomic E-state index is 11.9. The molecule has 1 saturated heterocycles. The minimum Gasteiger partial charge on any atom is -0.493 e. The van der Waals surface area contributed by atoms with Crippen molar-refractivity contribution in [2.75, 3.05) is 33.9 Å². The molecule has 8 nitrogen and oxygen atoms in total. The van der Waals surface area contributed by atoms with E-state index in [0.29, 0.717) is 35.5 Å². The lowest BCUT2D eigenvalue weighted by atomic mass is 9.97. The molecule has 0 spiro atoms. The molecule has 0 bridgehead atoms. The monoisotopic (exact) mass is 407 g/mol. The lowest BCUT2D eigenvalue weighted by molar-refractivity contribution is -0.149. The van der Waals surface area contributed by atoms with Crippen LogP contribution in [0.5, 0.6) is 11.5 Å². The number of methoxy groups -OCH3 is 2. The second kappa shape index (κ2) is 9.20. The van der Waals surface area contributed by atoms with Crippen LogP contribution in [0.1, 0.15) is 19.8 Å². The van der Waals surface area contributed by atoms with Crippen molar-refractivity contribution < 1.29 is 23.4 Å². The molecule has 0 aliphatic carbocycles. The molecule has 0 N–H and O–H groups in total. The summed E-state index contributed by atoms with van der Waals surface area (Å²) in [6.07, 6.45) is 1.54. The largest absolute Gasteiger partial charge is 0.493 e. The molecule has 2 heterocycles. The third-order valence-electron chi connectivity index (χ3n) is 4.78. The van der Waals surface area contributed by atoms with Crippen molar-refractivity contribution >= 4 is 18.2 Å². The molecular formula is C19H25N3O5S. The molecular weight excluding hydrogens is 382 g/mol. The Morgan fingerprint density at radius 1 is 1.25 bits per heavy atom. The summed E-state index contributed by atoms with van der Waals surface area (Å²) in [6, 6.07) is 5.44. The second-order valence-electron chi connectivity index (χ2n) is 6.53. The van der Waals surface area contributed by atoms with Crippen LogP contribution in [0, 0.1) is 10.8 Å². The molecule has 0 amide bonds. The lowest BCUT2D eigenvalue weighted by Crippen LogP contribution is -2.38.